The lowest BCUT2D eigenvalue weighted by atomic mass is 10.3. The summed E-state index contributed by atoms with van der Waals surface area (Å²) in [4.78, 5) is 33.2. The Bertz CT molecular complexity index is 1050. The third-order valence-electron chi connectivity index (χ3n) is 4.87. The molecule has 4 rings (SSSR count). The van der Waals surface area contributed by atoms with Crippen molar-refractivity contribution >= 4 is 56.9 Å². The molecular formula is C22H21ClN4O2S. The normalized spacial score (nSPS) is 14.8. The van der Waals surface area contributed by atoms with Crippen molar-refractivity contribution in [1.29, 1.82) is 0 Å². The number of aromatic nitrogens is 1. The number of urea groups is 1. The van der Waals surface area contributed by atoms with Crippen molar-refractivity contribution in [3.05, 3.63) is 64.6 Å². The highest BCUT2D eigenvalue weighted by Crippen LogP contribution is 2.22. The van der Waals surface area contributed by atoms with Crippen molar-refractivity contribution in [2.24, 2.45) is 0 Å². The quantitative estimate of drug-likeness (QED) is 0.599. The molecule has 2 aromatic carbocycles. The lowest BCUT2D eigenvalue weighted by Crippen LogP contribution is -2.39. The molecule has 0 unspecified atom stereocenters. The van der Waals surface area contributed by atoms with Gasteiger partial charge < -0.3 is 15.1 Å². The molecule has 1 N–H and O–H groups in total. The van der Waals surface area contributed by atoms with Gasteiger partial charge in [-0.15, -0.1) is 11.3 Å². The van der Waals surface area contributed by atoms with Gasteiger partial charge >= 0.3 is 6.03 Å². The molecular weight excluding hydrogens is 420 g/mol. The first-order valence-electron chi connectivity index (χ1n) is 9.72. The molecule has 0 saturated carbocycles. The van der Waals surface area contributed by atoms with Gasteiger partial charge in [-0.2, -0.15) is 0 Å². The second-order valence-corrected chi connectivity index (χ2v) is 8.45. The second kappa shape index (κ2) is 9.28. The number of para-hydroxylation sites is 1. The summed E-state index contributed by atoms with van der Waals surface area (Å²) in [7, 11) is 0. The predicted octanol–water partition coefficient (Wildman–Crippen LogP) is 4.73. The van der Waals surface area contributed by atoms with Crippen molar-refractivity contribution in [3.63, 3.8) is 0 Å². The number of amides is 3. The van der Waals surface area contributed by atoms with Crippen LogP contribution >= 0.6 is 22.9 Å². The molecule has 6 nitrogen and oxygen atoms in total. The van der Waals surface area contributed by atoms with Crippen LogP contribution in [0.4, 0.5) is 10.5 Å². The van der Waals surface area contributed by atoms with Crippen molar-refractivity contribution in [3.8, 4) is 0 Å². The molecule has 1 aliphatic rings. The van der Waals surface area contributed by atoms with Gasteiger partial charge in [0.2, 0.25) is 5.91 Å². The molecule has 0 aliphatic carbocycles. The monoisotopic (exact) mass is 440 g/mol. The van der Waals surface area contributed by atoms with Gasteiger partial charge in [0, 0.05) is 43.0 Å². The zero-order chi connectivity index (χ0) is 20.9. The molecule has 1 aliphatic heterocycles. The average Bonchev–Trinajstić information content (AvgIpc) is 3.00. The summed E-state index contributed by atoms with van der Waals surface area (Å²) < 4.78 is 1.10. The van der Waals surface area contributed by atoms with Gasteiger partial charge in [0.25, 0.3) is 0 Å². The van der Waals surface area contributed by atoms with E-state index in [9.17, 15) is 9.59 Å². The van der Waals surface area contributed by atoms with E-state index in [0.717, 1.165) is 21.6 Å². The molecule has 1 fully saturated rings. The summed E-state index contributed by atoms with van der Waals surface area (Å²) in [6, 6.07) is 14.7. The van der Waals surface area contributed by atoms with Crippen LogP contribution in [0.3, 0.4) is 0 Å². The van der Waals surface area contributed by atoms with Crippen LogP contribution in [-0.2, 0) is 4.79 Å². The first-order valence-corrected chi connectivity index (χ1v) is 10.9. The maximum atomic E-state index is 12.6. The maximum Gasteiger partial charge on any atom is 0.321 e. The topological polar surface area (TPSA) is 65.5 Å². The van der Waals surface area contributed by atoms with E-state index in [-0.39, 0.29) is 11.9 Å². The van der Waals surface area contributed by atoms with Gasteiger partial charge in [-0.25, -0.2) is 9.78 Å². The number of hydrogen-bond donors (Lipinski definition) is 1. The highest BCUT2D eigenvalue weighted by Gasteiger charge is 2.21. The molecule has 0 bridgehead atoms. The number of anilines is 1. The lowest BCUT2D eigenvalue weighted by molar-refractivity contribution is -0.125. The van der Waals surface area contributed by atoms with Gasteiger partial charge in [0.1, 0.15) is 5.01 Å². The van der Waals surface area contributed by atoms with Crippen LogP contribution in [0, 0.1) is 0 Å². The van der Waals surface area contributed by atoms with Crippen molar-refractivity contribution in [1.82, 2.24) is 14.8 Å². The van der Waals surface area contributed by atoms with E-state index in [0.29, 0.717) is 36.9 Å². The van der Waals surface area contributed by atoms with Crippen LogP contribution in [0.5, 0.6) is 0 Å². The van der Waals surface area contributed by atoms with Gasteiger partial charge in [-0.3, -0.25) is 4.79 Å². The standard InChI is InChI=1S/C22H21ClN4O2S/c23-16-6-8-17(9-7-16)24-22(29)27-13-3-12-26(14-15-27)21(28)11-10-20-25-18-4-1-2-5-19(18)30-20/h1-2,4-11H,3,12-15H2,(H,24,29)/b11-10+. The Morgan fingerprint density at radius 2 is 1.73 bits per heavy atom. The fourth-order valence-electron chi connectivity index (χ4n) is 3.29. The van der Waals surface area contributed by atoms with E-state index in [2.05, 4.69) is 10.3 Å². The molecule has 3 amide bonds. The average molecular weight is 441 g/mol. The van der Waals surface area contributed by atoms with Gasteiger partial charge in [0.05, 0.1) is 10.2 Å². The Hall–Kier alpha value is -2.90. The van der Waals surface area contributed by atoms with E-state index in [1.807, 2.05) is 24.3 Å². The smallest absolute Gasteiger partial charge is 0.321 e. The largest absolute Gasteiger partial charge is 0.337 e. The molecule has 0 atom stereocenters. The van der Waals surface area contributed by atoms with Crippen molar-refractivity contribution < 1.29 is 9.59 Å². The third kappa shape index (κ3) is 4.98. The second-order valence-electron chi connectivity index (χ2n) is 6.96. The van der Waals surface area contributed by atoms with E-state index < -0.39 is 0 Å². The molecule has 8 heteroatoms. The highest BCUT2D eigenvalue weighted by molar-refractivity contribution is 7.19. The first kappa shape index (κ1) is 20.4. The van der Waals surface area contributed by atoms with Crippen LogP contribution in [0.2, 0.25) is 5.02 Å². The van der Waals surface area contributed by atoms with Gasteiger partial charge in [-0.05, 0) is 48.9 Å². The van der Waals surface area contributed by atoms with Crippen LogP contribution in [-0.4, -0.2) is 52.9 Å². The minimum atomic E-state index is -0.170. The minimum Gasteiger partial charge on any atom is -0.337 e. The molecule has 154 valence electrons. The first-order chi connectivity index (χ1) is 14.6. The molecule has 30 heavy (non-hydrogen) atoms. The number of halogens is 1. The SMILES string of the molecule is O=C(/C=C/c1nc2ccccc2s1)N1CCCN(C(=O)Nc2ccc(Cl)cc2)CC1. The Labute approximate surface area is 183 Å². The summed E-state index contributed by atoms with van der Waals surface area (Å²) in [6.07, 6.45) is 4.07. The Morgan fingerprint density at radius 1 is 1.00 bits per heavy atom. The van der Waals surface area contributed by atoms with E-state index in [4.69, 9.17) is 11.6 Å². The predicted molar refractivity (Wildman–Crippen MR) is 122 cm³/mol. The molecule has 3 aromatic rings. The number of benzene rings is 2. The number of nitrogens with one attached hydrogen (secondary N) is 1. The fraction of sp³-hybridized carbons (Fsp3) is 0.227. The van der Waals surface area contributed by atoms with E-state index in [1.165, 1.54) is 0 Å². The molecule has 1 aromatic heterocycles. The number of carbonyl (C=O) groups excluding carboxylic acids is 2. The Kier molecular flexibility index (Phi) is 6.30. The number of nitrogens with zero attached hydrogens (tertiary/aromatic N) is 3. The van der Waals surface area contributed by atoms with E-state index in [1.54, 1.807) is 57.6 Å². The van der Waals surface area contributed by atoms with Crippen LogP contribution in [0.15, 0.2) is 54.6 Å². The van der Waals surface area contributed by atoms with Gasteiger partial charge in [0.15, 0.2) is 0 Å². The zero-order valence-corrected chi connectivity index (χ0v) is 17.8. The van der Waals surface area contributed by atoms with Crippen LogP contribution < -0.4 is 5.32 Å². The molecule has 2 heterocycles. The van der Waals surface area contributed by atoms with Crippen LogP contribution in [0.25, 0.3) is 16.3 Å². The molecule has 1 saturated heterocycles. The summed E-state index contributed by atoms with van der Waals surface area (Å²) in [5.74, 6) is -0.0609. The lowest BCUT2D eigenvalue weighted by Gasteiger charge is -2.22. The third-order valence-corrected chi connectivity index (χ3v) is 6.12. The van der Waals surface area contributed by atoms with Crippen molar-refractivity contribution in [2.45, 2.75) is 6.42 Å². The van der Waals surface area contributed by atoms with Crippen molar-refractivity contribution in [2.75, 3.05) is 31.5 Å². The number of rotatable bonds is 3. The maximum absolute atomic E-state index is 12.6. The highest BCUT2D eigenvalue weighted by atomic mass is 35.5. The van der Waals surface area contributed by atoms with Crippen LogP contribution in [0.1, 0.15) is 11.4 Å². The van der Waals surface area contributed by atoms with Gasteiger partial charge in [-0.1, -0.05) is 23.7 Å². The molecule has 0 spiro atoms. The van der Waals surface area contributed by atoms with E-state index >= 15 is 0 Å². The number of fused-ring (bicyclic) bond motifs is 1. The Morgan fingerprint density at radius 3 is 2.53 bits per heavy atom. The summed E-state index contributed by atoms with van der Waals surface area (Å²) in [5, 5.41) is 4.30. The zero-order valence-electron chi connectivity index (χ0n) is 16.3. The Balaban J connectivity index is 1.33. The summed E-state index contributed by atoms with van der Waals surface area (Å²) >= 11 is 7.44. The summed E-state index contributed by atoms with van der Waals surface area (Å²) in [6.45, 7) is 2.20. The summed E-state index contributed by atoms with van der Waals surface area (Å²) in [5.41, 5.74) is 1.63. The number of carbonyl (C=O) groups is 2. The fourth-order valence-corrected chi connectivity index (χ4v) is 4.28. The minimum absolute atomic E-state index is 0.0609. The number of hydrogen-bond acceptors (Lipinski definition) is 4. The molecule has 0 radical (unpaired) electrons. The number of thiazole rings is 1.